The largest absolute Gasteiger partial charge is 0.437 e. The molecule has 0 amide bonds. The predicted octanol–water partition coefficient (Wildman–Crippen LogP) is 3.78. The molecule has 1 aliphatic heterocycles. The second kappa shape index (κ2) is 6.19. The van der Waals surface area contributed by atoms with Gasteiger partial charge in [0, 0.05) is 19.1 Å². The van der Waals surface area contributed by atoms with Gasteiger partial charge in [0.25, 0.3) is 0 Å². The maximum absolute atomic E-state index is 5.96. The van der Waals surface area contributed by atoms with E-state index >= 15 is 0 Å². The molecule has 2 aromatic heterocycles. The number of halogens is 1. The molecular formula is C17H14BrN3O2. The Morgan fingerprint density at radius 1 is 1.17 bits per heavy atom. The summed E-state index contributed by atoms with van der Waals surface area (Å²) in [4.78, 5) is 4.59. The molecule has 0 N–H and O–H groups in total. The number of rotatable bonds is 3. The van der Waals surface area contributed by atoms with Crippen LogP contribution in [0.4, 0.5) is 0 Å². The van der Waals surface area contributed by atoms with Crippen LogP contribution in [0.2, 0.25) is 0 Å². The highest BCUT2D eigenvalue weighted by Crippen LogP contribution is 2.30. The number of ether oxygens (including phenoxy) is 2. The van der Waals surface area contributed by atoms with Gasteiger partial charge in [-0.25, -0.2) is 4.98 Å². The van der Waals surface area contributed by atoms with E-state index in [9.17, 15) is 0 Å². The third-order valence-electron chi connectivity index (χ3n) is 3.83. The van der Waals surface area contributed by atoms with Crippen LogP contribution in [0.1, 0.15) is 24.6 Å². The maximum Gasteiger partial charge on any atom is 0.246 e. The Morgan fingerprint density at radius 2 is 1.96 bits per heavy atom. The maximum atomic E-state index is 5.96. The van der Waals surface area contributed by atoms with Crippen LogP contribution >= 0.6 is 15.9 Å². The van der Waals surface area contributed by atoms with Gasteiger partial charge in [-0.2, -0.15) is 4.52 Å². The van der Waals surface area contributed by atoms with Crippen molar-refractivity contribution in [2.24, 2.45) is 0 Å². The first-order valence-electron chi connectivity index (χ1n) is 7.51. The lowest BCUT2D eigenvalue weighted by molar-refractivity contribution is 0.0836. The van der Waals surface area contributed by atoms with Crippen LogP contribution in [0, 0.1) is 12.1 Å². The summed E-state index contributed by atoms with van der Waals surface area (Å²) in [5.41, 5.74) is 0.612. The van der Waals surface area contributed by atoms with Gasteiger partial charge in [0.15, 0.2) is 5.82 Å². The molecule has 23 heavy (non-hydrogen) atoms. The molecular weight excluding hydrogens is 358 g/mol. The summed E-state index contributed by atoms with van der Waals surface area (Å²) in [7, 11) is 0. The zero-order valence-corrected chi connectivity index (χ0v) is 13.9. The van der Waals surface area contributed by atoms with E-state index in [1.54, 1.807) is 4.52 Å². The number of nitrogens with zero attached hydrogens (tertiary/aromatic N) is 3. The van der Waals surface area contributed by atoms with Gasteiger partial charge in [-0.1, -0.05) is 18.2 Å². The highest BCUT2D eigenvalue weighted by molar-refractivity contribution is 9.10. The fourth-order valence-corrected chi connectivity index (χ4v) is 2.97. The first-order chi connectivity index (χ1) is 11.3. The molecule has 6 heteroatoms. The zero-order chi connectivity index (χ0) is 15.6. The molecule has 0 spiro atoms. The van der Waals surface area contributed by atoms with Crippen molar-refractivity contribution in [3.63, 3.8) is 0 Å². The topological polar surface area (TPSA) is 48.7 Å². The van der Waals surface area contributed by atoms with E-state index in [1.807, 2.05) is 30.3 Å². The van der Waals surface area contributed by atoms with Crippen LogP contribution < -0.4 is 4.74 Å². The van der Waals surface area contributed by atoms with Crippen molar-refractivity contribution in [1.29, 1.82) is 0 Å². The Bertz CT molecular complexity index is 813. The van der Waals surface area contributed by atoms with Crippen molar-refractivity contribution in [2.75, 3.05) is 13.2 Å². The third-order valence-corrected chi connectivity index (χ3v) is 4.37. The molecule has 0 saturated carbocycles. The SMILES string of the molecule is Brc1c#cc2nc(C3CCOCC3)nn2c1Oc1ccccc1. The highest BCUT2D eigenvalue weighted by Gasteiger charge is 2.22. The minimum Gasteiger partial charge on any atom is -0.437 e. The second-order valence-corrected chi connectivity index (χ2v) is 6.17. The lowest BCUT2D eigenvalue weighted by Crippen LogP contribution is -2.15. The van der Waals surface area contributed by atoms with Crippen molar-refractivity contribution in [3.8, 4) is 11.6 Å². The third kappa shape index (κ3) is 2.90. The molecule has 0 atom stereocenters. The summed E-state index contributed by atoms with van der Waals surface area (Å²) in [6, 6.07) is 15.6. The van der Waals surface area contributed by atoms with Crippen LogP contribution in [0.3, 0.4) is 0 Å². The summed E-state index contributed by atoms with van der Waals surface area (Å²) in [6.45, 7) is 1.51. The number of hydrogen-bond acceptors (Lipinski definition) is 4. The molecule has 116 valence electrons. The Hall–Kier alpha value is -2.10. The van der Waals surface area contributed by atoms with Crippen LogP contribution in [-0.2, 0) is 4.74 Å². The fourth-order valence-electron chi connectivity index (χ4n) is 2.62. The number of benzene rings is 1. The second-order valence-electron chi connectivity index (χ2n) is 5.38. The van der Waals surface area contributed by atoms with Gasteiger partial charge in [0.1, 0.15) is 10.2 Å². The Labute approximate surface area is 142 Å². The average molecular weight is 372 g/mol. The minimum absolute atomic E-state index is 0.320. The standard InChI is InChI=1S/C17H14BrN3O2/c18-14-6-7-15-19-16(12-8-10-22-11-9-12)20-21(15)17(14)23-13-4-2-1-3-5-13/h1-5,12H,8-11H2. The van der Waals surface area contributed by atoms with E-state index < -0.39 is 0 Å². The van der Waals surface area contributed by atoms with Crippen LogP contribution in [-0.4, -0.2) is 27.8 Å². The average Bonchev–Trinajstić information content (AvgIpc) is 3.04. The van der Waals surface area contributed by atoms with Crippen molar-refractivity contribution >= 4 is 21.6 Å². The predicted molar refractivity (Wildman–Crippen MR) is 87.7 cm³/mol. The first kappa shape index (κ1) is 14.5. The lowest BCUT2D eigenvalue weighted by Gasteiger charge is -2.18. The number of aromatic nitrogens is 3. The Kier molecular flexibility index (Phi) is 3.90. The molecule has 1 fully saturated rings. The first-order valence-corrected chi connectivity index (χ1v) is 8.30. The van der Waals surface area contributed by atoms with Gasteiger partial charge in [0.05, 0.1) is 0 Å². The summed E-state index contributed by atoms with van der Waals surface area (Å²) >= 11 is 3.46. The van der Waals surface area contributed by atoms with Crippen LogP contribution in [0.25, 0.3) is 5.65 Å². The molecule has 3 heterocycles. The van der Waals surface area contributed by atoms with Gasteiger partial charge in [-0.05, 0) is 53.0 Å². The van der Waals surface area contributed by atoms with Gasteiger partial charge < -0.3 is 9.47 Å². The minimum atomic E-state index is 0.320. The smallest absolute Gasteiger partial charge is 0.246 e. The number of para-hydroxylation sites is 1. The molecule has 1 aliphatic rings. The van der Waals surface area contributed by atoms with Crippen LogP contribution in [0.15, 0.2) is 34.8 Å². The Balaban J connectivity index is 1.74. The fraction of sp³-hybridized carbons (Fsp3) is 0.294. The molecule has 5 nitrogen and oxygen atoms in total. The zero-order valence-electron chi connectivity index (χ0n) is 12.3. The summed E-state index contributed by atoms with van der Waals surface area (Å²) < 4.78 is 13.7. The van der Waals surface area contributed by atoms with E-state index in [4.69, 9.17) is 9.47 Å². The van der Waals surface area contributed by atoms with Gasteiger partial charge in [-0.3, -0.25) is 0 Å². The molecule has 1 aromatic carbocycles. The molecule has 0 radical (unpaired) electrons. The van der Waals surface area contributed by atoms with Crippen LogP contribution in [0.5, 0.6) is 11.6 Å². The van der Waals surface area contributed by atoms with E-state index in [2.05, 4.69) is 38.1 Å². The molecule has 4 rings (SSSR count). The van der Waals surface area contributed by atoms with Crippen molar-refractivity contribution in [2.45, 2.75) is 18.8 Å². The van der Waals surface area contributed by atoms with E-state index in [-0.39, 0.29) is 0 Å². The van der Waals surface area contributed by atoms with E-state index in [1.165, 1.54) is 0 Å². The monoisotopic (exact) mass is 371 g/mol. The van der Waals surface area contributed by atoms with Gasteiger partial charge >= 0.3 is 0 Å². The van der Waals surface area contributed by atoms with Crippen molar-refractivity contribution in [1.82, 2.24) is 14.6 Å². The normalized spacial score (nSPS) is 15.5. The van der Waals surface area contributed by atoms with E-state index in [0.717, 1.165) is 37.6 Å². The molecule has 0 unspecified atom stereocenters. The van der Waals surface area contributed by atoms with Gasteiger partial charge in [0.2, 0.25) is 11.5 Å². The summed E-state index contributed by atoms with van der Waals surface area (Å²) in [5, 5.41) is 4.64. The quantitative estimate of drug-likeness (QED) is 0.702. The van der Waals surface area contributed by atoms with Gasteiger partial charge in [-0.15, -0.1) is 5.10 Å². The molecule has 1 saturated heterocycles. The highest BCUT2D eigenvalue weighted by atomic mass is 79.9. The summed E-state index contributed by atoms with van der Waals surface area (Å²) in [5.74, 6) is 2.42. The number of hydrogen-bond donors (Lipinski definition) is 0. The molecule has 0 bridgehead atoms. The van der Waals surface area contributed by atoms with E-state index in [0.29, 0.717) is 21.9 Å². The van der Waals surface area contributed by atoms with Crippen molar-refractivity contribution in [3.05, 3.63) is 52.8 Å². The Morgan fingerprint density at radius 3 is 2.74 bits per heavy atom. The summed E-state index contributed by atoms with van der Waals surface area (Å²) in [6.07, 6.45) is 1.88. The lowest BCUT2D eigenvalue weighted by atomic mass is 10.00. The van der Waals surface area contributed by atoms with Crippen molar-refractivity contribution < 1.29 is 9.47 Å². The number of fused-ring (bicyclic) bond motifs is 1. The molecule has 3 aromatic rings. The molecule has 0 aliphatic carbocycles.